The van der Waals surface area contributed by atoms with Crippen LogP contribution < -0.4 is 0 Å². The van der Waals surface area contributed by atoms with Gasteiger partial charge in [-0.05, 0) is 6.07 Å². The lowest BCUT2D eigenvalue weighted by molar-refractivity contribution is 0.453. The molecule has 0 saturated heterocycles. The van der Waals surface area contributed by atoms with Crippen LogP contribution in [0, 0.1) is 0 Å². The monoisotopic (exact) mass is 186 g/mol. The van der Waals surface area contributed by atoms with Crippen molar-refractivity contribution in [3.8, 4) is 5.88 Å². The number of nitrogens with one attached hydrogen (secondary N) is 1. The highest BCUT2D eigenvalue weighted by Gasteiger charge is 2.07. The van der Waals surface area contributed by atoms with Crippen molar-refractivity contribution in [2.24, 2.45) is 0 Å². The van der Waals surface area contributed by atoms with Crippen LogP contribution in [0.5, 0.6) is 5.88 Å². The summed E-state index contributed by atoms with van der Waals surface area (Å²) in [6.07, 6.45) is 5.01. The van der Waals surface area contributed by atoms with E-state index >= 15 is 0 Å². The van der Waals surface area contributed by atoms with Crippen molar-refractivity contribution < 1.29 is 5.11 Å². The first-order valence-corrected chi connectivity index (χ1v) is 4.13. The van der Waals surface area contributed by atoms with Gasteiger partial charge in [0.05, 0.1) is 11.6 Å². The van der Waals surface area contributed by atoms with Crippen LogP contribution in [-0.4, -0.2) is 25.3 Å². The van der Waals surface area contributed by atoms with Crippen LogP contribution >= 0.6 is 0 Å². The van der Waals surface area contributed by atoms with Gasteiger partial charge in [-0.25, -0.2) is 4.98 Å². The molecule has 0 aromatic carbocycles. The molecule has 0 radical (unpaired) electrons. The van der Waals surface area contributed by atoms with E-state index in [1.54, 1.807) is 18.6 Å². The minimum Gasteiger partial charge on any atom is -0.492 e. The summed E-state index contributed by atoms with van der Waals surface area (Å²) in [7, 11) is 0. The Morgan fingerprint density at radius 2 is 2.21 bits per heavy atom. The summed E-state index contributed by atoms with van der Waals surface area (Å²) < 4.78 is 0. The topological polar surface area (TPSA) is 74.7 Å². The Labute approximate surface area is 78.4 Å². The molecule has 5 nitrogen and oxygen atoms in total. The molecule has 0 aliphatic heterocycles. The van der Waals surface area contributed by atoms with E-state index in [0.29, 0.717) is 5.39 Å². The summed E-state index contributed by atoms with van der Waals surface area (Å²) in [5, 5.41) is 19.2. The average molecular weight is 186 g/mol. The van der Waals surface area contributed by atoms with Gasteiger partial charge in [0, 0.05) is 23.2 Å². The molecule has 0 bridgehead atoms. The van der Waals surface area contributed by atoms with Crippen LogP contribution in [0.25, 0.3) is 21.8 Å². The van der Waals surface area contributed by atoms with Crippen molar-refractivity contribution in [3.63, 3.8) is 0 Å². The number of fused-ring (bicyclic) bond motifs is 3. The number of aromatic nitrogens is 4. The zero-order valence-electron chi connectivity index (χ0n) is 7.10. The van der Waals surface area contributed by atoms with Gasteiger partial charge in [-0.15, -0.1) is 5.10 Å². The fourth-order valence-corrected chi connectivity index (χ4v) is 1.57. The van der Waals surface area contributed by atoms with Gasteiger partial charge in [-0.2, -0.15) is 5.10 Å². The SMILES string of the molecule is Oc1nncc2cnc3[nH]ccc3c12. The molecule has 0 amide bonds. The van der Waals surface area contributed by atoms with E-state index in [0.717, 1.165) is 16.4 Å². The number of aromatic hydroxyl groups is 1. The number of hydrogen-bond acceptors (Lipinski definition) is 4. The fraction of sp³-hybridized carbons (Fsp3) is 0. The van der Waals surface area contributed by atoms with Crippen molar-refractivity contribution in [2.75, 3.05) is 0 Å². The van der Waals surface area contributed by atoms with Crippen LogP contribution in [0.3, 0.4) is 0 Å². The Balaban J connectivity index is 2.67. The molecule has 3 rings (SSSR count). The van der Waals surface area contributed by atoms with Crippen molar-refractivity contribution in [2.45, 2.75) is 0 Å². The number of hydrogen-bond donors (Lipinski definition) is 2. The molecule has 0 unspecified atom stereocenters. The molecular formula is C9H6N4O. The van der Waals surface area contributed by atoms with Gasteiger partial charge in [-0.1, -0.05) is 0 Å². The molecule has 0 saturated carbocycles. The Morgan fingerprint density at radius 1 is 1.29 bits per heavy atom. The number of aromatic amines is 1. The highest BCUT2D eigenvalue weighted by Crippen LogP contribution is 2.27. The van der Waals surface area contributed by atoms with Crippen LogP contribution in [-0.2, 0) is 0 Å². The second-order valence-corrected chi connectivity index (χ2v) is 3.00. The lowest BCUT2D eigenvalue weighted by Crippen LogP contribution is -1.85. The Kier molecular flexibility index (Phi) is 1.25. The molecule has 68 valence electrons. The summed E-state index contributed by atoms with van der Waals surface area (Å²) in [6, 6.07) is 1.85. The Morgan fingerprint density at radius 3 is 3.14 bits per heavy atom. The van der Waals surface area contributed by atoms with Crippen molar-refractivity contribution in [1.29, 1.82) is 0 Å². The molecule has 0 spiro atoms. The van der Waals surface area contributed by atoms with Gasteiger partial charge in [0.15, 0.2) is 0 Å². The smallest absolute Gasteiger partial charge is 0.239 e. The number of nitrogens with zero attached hydrogens (tertiary/aromatic N) is 3. The molecule has 5 heteroatoms. The standard InChI is InChI=1S/C9H6N4O/c14-9-7-5(4-12-13-9)3-11-8-6(7)1-2-10-8/h1-4H,(H,10,11)(H,13,14). The maximum absolute atomic E-state index is 9.57. The molecular weight excluding hydrogens is 180 g/mol. The largest absolute Gasteiger partial charge is 0.492 e. The van der Waals surface area contributed by atoms with E-state index in [9.17, 15) is 5.11 Å². The van der Waals surface area contributed by atoms with Gasteiger partial charge in [0.25, 0.3) is 0 Å². The van der Waals surface area contributed by atoms with E-state index in [1.165, 1.54) is 0 Å². The Bertz CT molecular complexity index is 616. The number of H-pyrrole nitrogens is 1. The Hall–Kier alpha value is -2.17. The molecule has 3 heterocycles. The quantitative estimate of drug-likeness (QED) is 0.553. The molecule has 0 atom stereocenters. The third-order valence-electron chi connectivity index (χ3n) is 2.19. The van der Waals surface area contributed by atoms with Crippen molar-refractivity contribution in [1.82, 2.24) is 20.2 Å². The average Bonchev–Trinajstić information content (AvgIpc) is 2.65. The third kappa shape index (κ3) is 0.806. The molecule has 0 fully saturated rings. The van der Waals surface area contributed by atoms with Gasteiger partial charge in [0.2, 0.25) is 5.88 Å². The predicted molar refractivity (Wildman–Crippen MR) is 50.9 cm³/mol. The molecule has 0 aliphatic rings. The number of rotatable bonds is 0. The molecule has 3 aromatic heterocycles. The normalized spacial score (nSPS) is 11.1. The first-order valence-electron chi connectivity index (χ1n) is 4.13. The van der Waals surface area contributed by atoms with Crippen LogP contribution in [0.2, 0.25) is 0 Å². The minimum atomic E-state index is -0.0606. The van der Waals surface area contributed by atoms with Gasteiger partial charge < -0.3 is 10.1 Å². The second kappa shape index (κ2) is 2.41. The fourth-order valence-electron chi connectivity index (χ4n) is 1.57. The van der Waals surface area contributed by atoms with E-state index in [2.05, 4.69) is 20.2 Å². The minimum absolute atomic E-state index is 0.0606. The highest BCUT2D eigenvalue weighted by atomic mass is 16.3. The van der Waals surface area contributed by atoms with E-state index in [1.807, 2.05) is 6.07 Å². The summed E-state index contributed by atoms with van der Waals surface area (Å²) in [5.74, 6) is -0.0606. The molecule has 3 aromatic rings. The lowest BCUT2D eigenvalue weighted by atomic mass is 10.2. The lowest BCUT2D eigenvalue weighted by Gasteiger charge is -1.98. The van der Waals surface area contributed by atoms with Crippen LogP contribution in [0.4, 0.5) is 0 Å². The maximum atomic E-state index is 9.57. The van der Waals surface area contributed by atoms with Crippen molar-refractivity contribution in [3.05, 3.63) is 24.7 Å². The predicted octanol–water partition coefficient (Wildman–Crippen LogP) is 1.21. The van der Waals surface area contributed by atoms with Crippen LogP contribution in [0.15, 0.2) is 24.7 Å². The molecule has 0 aliphatic carbocycles. The zero-order chi connectivity index (χ0) is 9.54. The van der Waals surface area contributed by atoms with Crippen LogP contribution in [0.1, 0.15) is 0 Å². The van der Waals surface area contributed by atoms with Crippen molar-refractivity contribution >= 4 is 21.8 Å². The first-order chi connectivity index (χ1) is 6.86. The molecule has 14 heavy (non-hydrogen) atoms. The van der Waals surface area contributed by atoms with Gasteiger partial charge in [0.1, 0.15) is 5.65 Å². The van der Waals surface area contributed by atoms with Gasteiger partial charge >= 0.3 is 0 Å². The second-order valence-electron chi connectivity index (χ2n) is 3.00. The van der Waals surface area contributed by atoms with E-state index < -0.39 is 0 Å². The summed E-state index contributed by atoms with van der Waals surface area (Å²) >= 11 is 0. The first kappa shape index (κ1) is 7.25. The summed E-state index contributed by atoms with van der Waals surface area (Å²) in [6.45, 7) is 0. The third-order valence-corrected chi connectivity index (χ3v) is 2.19. The summed E-state index contributed by atoms with van der Waals surface area (Å²) in [4.78, 5) is 7.14. The summed E-state index contributed by atoms with van der Waals surface area (Å²) in [5.41, 5.74) is 0.737. The zero-order valence-corrected chi connectivity index (χ0v) is 7.10. The number of pyridine rings is 1. The van der Waals surface area contributed by atoms with E-state index in [4.69, 9.17) is 0 Å². The van der Waals surface area contributed by atoms with Gasteiger partial charge in [-0.3, -0.25) is 0 Å². The molecule has 2 N–H and O–H groups in total. The maximum Gasteiger partial charge on any atom is 0.239 e. The highest BCUT2D eigenvalue weighted by molar-refractivity contribution is 6.06. The van der Waals surface area contributed by atoms with E-state index in [-0.39, 0.29) is 5.88 Å².